The molecule has 0 aliphatic carbocycles. The Balaban J connectivity index is 1.33. The molecule has 1 aliphatic rings. The normalized spacial score (nSPS) is 15.3. The van der Waals surface area contributed by atoms with E-state index in [2.05, 4.69) is 5.10 Å². The Kier molecular flexibility index (Phi) is 7.42. The zero-order valence-corrected chi connectivity index (χ0v) is 19.3. The van der Waals surface area contributed by atoms with Crippen molar-refractivity contribution in [3.8, 4) is 5.69 Å². The van der Waals surface area contributed by atoms with E-state index in [0.29, 0.717) is 44.0 Å². The molecule has 1 amide bonds. The minimum Gasteiger partial charge on any atom is -0.468 e. The summed E-state index contributed by atoms with van der Waals surface area (Å²) in [6.07, 6.45) is 4.83. The molecule has 1 atom stereocenters. The second kappa shape index (κ2) is 10.6. The van der Waals surface area contributed by atoms with E-state index in [4.69, 9.17) is 16.3 Å². The molecule has 172 valence electrons. The number of para-hydroxylation sites is 1. The van der Waals surface area contributed by atoms with E-state index in [-0.39, 0.29) is 11.9 Å². The fourth-order valence-electron chi connectivity index (χ4n) is 4.13. The summed E-state index contributed by atoms with van der Waals surface area (Å²) >= 11 is 6.35. The maximum atomic E-state index is 12.8. The number of rotatable bonds is 7. The molecule has 0 radical (unpaired) electrons. The molecule has 1 fully saturated rings. The molecule has 8 heteroatoms. The van der Waals surface area contributed by atoms with Crippen molar-refractivity contribution < 1.29 is 14.3 Å². The molecule has 0 N–H and O–H groups in total. The van der Waals surface area contributed by atoms with Crippen molar-refractivity contribution in [3.05, 3.63) is 83.1 Å². The average molecular weight is 467 g/mol. The highest BCUT2D eigenvalue weighted by Gasteiger charge is 2.33. The number of halogens is 1. The lowest BCUT2D eigenvalue weighted by atomic mass is 10.0. The number of aryl methyl sites for hydroxylation is 1. The van der Waals surface area contributed by atoms with Crippen molar-refractivity contribution >= 4 is 23.5 Å². The number of ether oxygens (including phenoxy) is 1. The maximum absolute atomic E-state index is 12.8. The van der Waals surface area contributed by atoms with Crippen LogP contribution in [0.25, 0.3) is 5.69 Å². The van der Waals surface area contributed by atoms with Gasteiger partial charge in [0.1, 0.15) is 6.04 Å². The maximum Gasteiger partial charge on any atom is 0.327 e. The van der Waals surface area contributed by atoms with E-state index in [0.717, 1.165) is 16.8 Å². The Morgan fingerprint density at radius 3 is 2.42 bits per heavy atom. The van der Waals surface area contributed by atoms with Gasteiger partial charge in [-0.1, -0.05) is 48.0 Å². The van der Waals surface area contributed by atoms with Gasteiger partial charge in [0, 0.05) is 43.8 Å². The highest BCUT2D eigenvalue weighted by molar-refractivity contribution is 6.31. The molecule has 0 bridgehead atoms. The molecule has 3 aromatic rings. The number of benzene rings is 2. The molecule has 2 heterocycles. The second-order valence-corrected chi connectivity index (χ2v) is 8.40. The first-order valence-corrected chi connectivity index (χ1v) is 11.4. The summed E-state index contributed by atoms with van der Waals surface area (Å²) in [5, 5.41) is 4.93. The first-order chi connectivity index (χ1) is 16.1. The number of amides is 1. The van der Waals surface area contributed by atoms with Gasteiger partial charge in [0.15, 0.2) is 0 Å². The fourth-order valence-corrected chi connectivity index (χ4v) is 4.37. The Labute approximate surface area is 198 Å². The Morgan fingerprint density at radius 2 is 1.73 bits per heavy atom. The molecule has 0 spiro atoms. The number of carbonyl (C=O) groups is 2. The van der Waals surface area contributed by atoms with Gasteiger partial charge in [-0.3, -0.25) is 9.69 Å². The lowest BCUT2D eigenvalue weighted by Crippen LogP contribution is -2.51. The number of hydrogen-bond acceptors (Lipinski definition) is 5. The molecular formula is C25H27ClN4O3. The second-order valence-electron chi connectivity index (χ2n) is 7.99. The predicted octanol–water partition coefficient (Wildman–Crippen LogP) is 3.52. The number of piperazine rings is 1. The molecular weight excluding hydrogens is 440 g/mol. The third kappa shape index (κ3) is 5.43. The zero-order chi connectivity index (χ0) is 23.2. The van der Waals surface area contributed by atoms with E-state index >= 15 is 0 Å². The van der Waals surface area contributed by atoms with Gasteiger partial charge < -0.3 is 9.64 Å². The first-order valence-electron chi connectivity index (χ1n) is 11.0. The smallest absolute Gasteiger partial charge is 0.327 e. The summed E-state index contributed by atoms with van der Waals surface area (Å²) in [6.45, 7) is 2.26. The van der Waals surface area contributed by atoms with Crippen molar-refractivity contribution in [2.24, 2.45) is 0 Å². The lowest BCUT2D eigenvalue weighted by Gasteiger charge is -2.38. The number of methoxy groups -OCH3 is 1. The summed E-state index contributed by atoms with van der Waals surface area (Å²) in [5.74, 6) is -0.243. The van der Waals surface area contributed by atoms with Gasteiger partial charge in [0.25, 0.3) is 0 Å². The van der Waals surface area contributed by atoms with Crippen LogP contribution in [0.4, 0.5) is 0 Å². The van der Waals surface area contributed by atoms with Crippen LogP contribution in [0.3, 0.4) is 0 Å². The van der Waals surface area contributed by atoms with Gasteiger partial charge in [-0.15, -0.1) is 0 Å². The van der Waals surface area contributed by atoms with Gasteiger partial charge in [-0.25, -0.2) is 9.48 Å². The van der Waals surface area contributed by atoms with E-state index < -0.39 is 6.04 Å². The minimum absolute atomic E-state index is 0.106. The quantitative estimate of drug-likeness (QED) is 0.498. The molecule has 0 saturated carbocycles. The highest BCUT2D eigenvalue weighted by atomic mass is 35.5. The summed E-state index contributed by atoms with van der Waals surface area (Å²) in [6, 6.07) is 16.6. The van der Waals surface area contributed by atoms with Crippen LogP contribution in [0.15, 0.2) is 67.0 Å². The SMILES string of the molecule is COC(=O)C(c1ccccc1Cl)N1CCN(C(=O)CCc2cnn(-c3ccccc3)c2)CC1. The minimum atomic E-state index is -0.579. The zero-order valence-electron chi connectivity index (χ0n) is 18.6. The van der Waals surface area contributed by atoms with Gasteiger partial charge in [-0.05, 0) is 35.7 Å². The van der Waals surface area contributed by atoms with Crippen LogP contribution in [0, 0.1) is 0 Å². The van der Waals surface area contributed by atoms with Gasteiger partial charge in [-0.2, -0.15) is 5.10 Å². The molecule has 1 unspecified atom stereocenters. The number of aromatic nitrogens is 2. The van der Waals surface area contributed by atoms with Gasteiger partial charge in [0.05, 0.1) is 19.0 Å². The third-order valence-electron chi connectivity index (χ3n) is 5.94. The summed E-state index contributed by atoms with van der Waals surface area (Å²) in [7, 11) is 1.38. The molecule has 1 saturated heterocycles. The first kappa shape index (κ1) is 23.0. The van der Waals surface area contributed by atoms with E-state index in [9.17, 15) is 9.59 Å². The number of nitrogens with zero attached hydrogens (tertiary/aromatic N) is 4. The summed E-state index contributed by atoms with van der Waals surface area (Å²) in [5.41, 5.74) is 2.74. The van der Waals surface area contributed by atoms with E-state index in [1.54, 1.807) is 6.07 Å². The van der Waals surface area contributed by atoms with Crippen LogP contribution in [0.5, 0.6) is 0 Å². The lowest BCUT2D eigenvalue weighted by molar-refractivity contribution is -0.148. The molecule has 7 nitrogen and oxygen atoms in total. The van der Waals surface area contributed by atoms with Crippen LogP contribution in [0.1, 0.15) is 23.6 Å². The third-order valence-corrected chi connectivity index (χ3v) is 6.28. The van der Waals surface area contributed by atoms with Crippen molar-refractivity contribution in [2.75, 3.05) is 33.3 Å². The largest absolute Gasteiger partial charge is 0.468 e. The number of hydrogen-bond donors (Lipinski definition) is 0. The van der Waals surface area contributed by atoms with Crippen LogP contribution < -0.4 is 0 Å². The average Bonchev–Trinajstić information content (AvgIpc) is 3.34. The van der Waals surface area contributed by atoms with Crippen molar-refractivity contribution in [2.45, 2.75) is 18.9 Å². The predicted molar refractivity (Wildman–Crippen MR) is 126 cm³/mol. The van der Waals surface area contributed by atoms with Crippen LogP contribution in [-0.2, 0) is 20.7 Å². The van der Waals surface area contributed by atoms with Gasteiger partial charge in [0.2, 0.25) is 5.91 Å². The summed E-state index contributed by atoms with van der Waals surface area (Å²) in [4.78, 5) is 29.2. The molecule has 1 aromatic heterocycles. The molecule has 4 rings (SSSR count). The van der Waals surface area contributed by atoms with Crippen LogP contribution in [0.2, 0.25) is 5.02 Å². The molecule has 33 heavy (non-hydrogen) atoms. The summed E-state index contributed by atoms with van der Waals surface area (Å²) < 4.78 is 6.86. The fraction of sp³-hybridized carbons (Fsp3) is 0.320. The Morgan fingerprint density at radius 1 is 1.03 bits per heavy atom. The van der Waals surface area contributed by atoms with Crippen LogP contribution in [-0.4, -0.2) is 64.7 Å². The molecule has 2 aromatic carbocycles. The van der Waals surface area contributed by atoms with Crippen molar-refractivity contribution in [1.29, 1.82) is 0 Å². The highest BCUT2D eigenvalue weighted by Crippen LogP contribution is 2.29. The number of carbonyl (C=O) groups excluding carboxylic acids is 2. The Hall–Kier alpha value is -3.16. The van der Waals surface area contributed by atoms with Crippen molar-refractivity contribution in [1.82, 2.24) is 19.6 Å². The van der Waals surface area contributed by atoms with Gasteiger partial charge >= 0.3 is 5.97 Å². The molecule has 1 aliphatic heterocycles. The van der Waals surface area contributed by atoms with E-state index in [1.165, 1.54) is 7.11 Å². The van der Waals surface area contributed by atoms with E-state index in [1.807, 2.05) is 75.4 Å². The van der Waals surface area contributed by atoms with Crippen molar-refractivity contribution in [3.63, 3.8) is 0 Å². The standard InChI is InChI=1S/C25H27ClN4O3/c1-33-25(32)24(21-9-5-6-10-22(21)26)29-15-13-28(14-16-29)23(31)12-11-19-17-27-30(18-19)20-7-3-2-4-8-20/h2-10,17-18,24H,11-16H2,1H3. The van der Waals surface area contributed by atoms with Crippen LogP contribution >= 0.6 is 11.6 Å². The monoisotopic (exact) mass is 466 g/mol. The topological polar surface area (TPSA) is 67.7 Å². The Bertz CT molecular complexity index is 1090. The number of esters is 1.